The Bertz CT molecular complexity index is 286. The molecule has 0 radical (unpaired) electrons. The van der Waals surface area contributed by atoms with Crippen molar-refractivity contribution in [2.75, 3.05) is 0 Å². The maximum atomic E-state index is 4.13. The second-order valence-electron chi connectivity index (χ2n) is 2.44. The van der Waals surface area contributed by atoms with Crippen LogP contribution in [0.3, 0.4) is 0 Å². The SMILES string of the molecule is C/C=C/CC=Cc1nsnc1C. The van der Waals surface area contributed by atoms with Gasteiger partial charge in [-0.05, 0) is 26.3 Å². The first-order valence-corrected chi connectivity index (χ1v) is 4.64. The molecule has 1 aromatic rings. The highest BCUT2D eigenvalue weighted by atomic mass is 32.1. The van der Waals surface area contributed by atoms with Crippen molar-refractivity contribution in [2.24, 2.45) is 0 Å². The Morgan fingerprint density at radius 1 is 1.33 bits per heavy atom. The molecule has 2 nitrogen and oxygen atoms in total. The van der Waals surface area contributed by atoms with Crippen LogP contribution in [0.5, 0.6) is 0 Å². The molecule has 0 amide bonds. The highest BCUT2D eigenvalue weighted by Gasteiger charge is 1.95. The third-order valence-corrected chi connectivity index (χ3v) is 2.11. The quantitative estimate of drug-likeness (QED) is 0.668. The van der Waals surface area contributed by atoms with Crippen LogP contribution in [0.2, 0.25) is 0 Å². The van der Waals surface area contributed by atoms with Crippen LogP contribution < -0.4 is 0 Å². The van der Waals surface area contributed by atoms with Gasteiger partial charge < -0.3 is 0 Å². The smallest absolute Gasteiger partial charge is 0.0995 e. The molecule has 0 aliphatic carbocycles. The van der Waals surface area contributed by atoms with Gasteiger partial charge in [0, 0.05) is 0 Å². The van der Waals surface area contributed by atoms with E-state index < -0.39 is 0 Å². The number of aryl methyl sites for hydroxylation is 1. The first kappa shape index (κ1) is 9.13. The number of aromatic nitrogens is 2. The first-order valence-electron chi connectivity index (χ1n) is 3.91. The molecule has 0 aliphatic rings. The molecule has 0 atom stereocenters. The van der Waals surface area contributed by atoms with E-state index in [-0.39, 0.29) is 0 Å². The van der Waals surface area contributed by atoms with Crippen molar-refractivity contribution in [3.63, 3.8) is 0 Å². The Labute approximate surface area is 77.0 Å². The van der Waals surface area contributed by atoms with Crippen LogP contribution in [-0.2, 0) is 0 Å². The van der Waals surface area contributed by atoms with Crippen molar-refractivity contribution in [2.45, 2.75) is 20.3 Å². The Hall–Kier alpha value is -0.960. The van der Waals surface area contributed by atoms with Gasteiger partial charge in [-0.2, -0.15) is 8.75 Å². The van der Waals surface area contributed by atoms with E-state index in [4.69, 9.17) is 0 Å². The predicted molar refractivity (Wildman–Crippen MR) is 53.1 cm³/mol. The number of nitrogens with zero attached hydrogens (tertiary/aromatic N) is 2. The van der Waals surface area contributed by atoms with E-state index in [1.165, 1.54) is 11.7 Å². The first-order chi connectivity index (χ1) is 5.84. The summed E-state index contributed by atoms with van der Waals surface area (Å²) in [6.07, 6.45) is 9.21. The van der Waals surface area contributed by atoms with Crippen molar-refractivity contribution in [1.82, 2.24) is 8.75 Å². The summed E-state index contributed by atoms with van der Waals surface area (Å²) in [5, 5.41) is 0. The minimum Gasteiger partial charge on any atom is -0.178 e. The molecule has 64 valence electrons. The molecule has 1 heterocycles. The van der Waals surface area contributed by atoms with Gasteiger partial charge in [0.2, 0.25) is 0 Å². The van der Waals surface area contributed by atoms with Crippen molar-refractivity contribution >= 4 is 17.8 Å². The molecule has 0 fully saturated rings. The summed E-state index contributed by atoms with van der Waals surface area (Å²) < 4.78 is 8.21. The Morgan fingerprint density at radius 3 is 2.75 bits per heavy atom. The standard InChI is InChI=1S/C9H12N2S/c1-3-4-5-6-7-9-8(2)10-12-11-9/h3-4,6-7H,5H2,1-2H3/b4-3+,7-6?. The second-order valence-corrected chi connectivity index (χ2v) is 2.97. The minimum absolute atomic E-state index is 0.966. The average molecular weight is 180 g/mol. The molecule has 0 saturated heterocycles. The lowest BCUT2D eigenvalue weighted by Gasteiger charge is -1.84. The summed E-state index contributed by atoms with van der Waals surface area (Å²) in [6, 6.07) is 0. The van der Waals surface area contributed by atoms with Gasteiger partial charge in [-0.1, -0.05) is 18.2 Å². The Morgan fingerprint density at radius 2 is 2.17 bits per heavy atom. The van der Waals surface area contributed by atoms with E-state index in [9.17, 15) is 0 Å². The molecule has 1 aromatic heterocycles. The summed E-state index contributed by atoms with van der Waals surface area (Å²) in [6.45, 7) is 3.99. The van der Waals surface area contributed by atoms with Crippen LogP contribution in [0.15, 0.2) is 18.2 Å². The minimum atomic E-state index is 0.966. The maximum Gasteiger partial charge on any atom is 0.0995 e. The molecular formula is C9H12N2S. The zero-order valence-corrected chi connectivity index (χ0v) is 8.14. The van der Waals surface area contributed by atoms with Crippen LogP contribution in [0.4, 0.5) is 0 Å². The van der Waals surface area contributed by atoms with E-state index in [1.807, 2.05) is 26.0 Å². The molecule has 0 aromatic carbocycles. The number of hydrogen-bond acceptors (Lipinski definition) is 3. The van der Waals surface area contributed by atoms with Crippen molar-refractivity contribution < 1.29 is 0 Å². The zero-order chi connectivity index (χ0) is 8.81. The fourth-order valence-electron chi connectivity index (χ4n) is 0.784. The molecule has 0 unspecified atom stereocenters. The van der Waals surface area contributed by atoms with Gasteiger partial charge >= 0.3 is 0 Å². The van der Waals surface area contributed by atoms with E-state index in [0.29, 0.717) is 0 Å². The van der Waals surface area contributed by atoms with Crippen LogP contribution in [0.25, 0.3) is 6.08 Å². The molecule has 12 heavy (non-hydrogen) atoms. The molecule has 3 heteroatoms. The van der Waals surface area contributed by atoms with Crippen molar-refractivity contribution in [3.8, 4) is 0 Å². The normalized spacial score (nSPS) is 11.8. The van der Waals surface area contributed by atoms with Gasteiger partial charge in [-0.15, -0.1) is 0 Å². The van der Waals surface area contributed by atoms with Crippen LogP contribution in [0, 0.1) is 6.92 Å². The van der Waals surface area contributed by atoms with Gasteiger partial charge in [-0.25, -0.2) is 0 Å². The Kier molecular flexibility index (Phi) is 3.67. The monoisotopic (exact) mass is 180 g/mol. The van der Waals surface area contributed by atoms with Gasteiger partial charge in [0.1, 0.15) is 0 Å². The third-order valence-electron chi connectivity index (χ3n) is 1.47. The zero-order valence-electron chi connectivity index (χ0n) is 7.32. The van der Waals surface area contributed by atoms with Gasteiger partial charge in [0.15, 0.2) is 0 Å². The van der Waals surface area contributed by atoms with Crippen molar-refractivity contribution in [3.05, 3.63) is 29.6 Å². The van der Waals surface area contributed by atoms with E-state index >= 15 is 0 Å². The molecular weight excluding hydrogens is 168 g/mol. The predicted octanol–water partition coefficient (Wildman–Crippen LogP) is 2.83. The molecule has 0 spiro atoms. The Balaban J connectivity index is 2.51. The van der Waals surface area contributed by atoms with Crippen molar-refractivity contribution in [1.29, 1.82) is 0 Å². The summed E-state index contributed by atoms with van der Waals surface area (Å²) in [7, 11) is 0. The van der Waals surface area contributed by atoms with Gasteiger partial charge in [0.05, 0.1) is 23.1 Å². The lowest BCUT2D eigenvalue weighted by molar-refractivity contribution is 1.29. The van der Waals surface area contributed by atoms with Crippen LogP contribution in [-0.4, -0.2) is 8.75 Å². The highest BCUT2D eigenvalue weighted by molar-refractivity contribution is 6.99. The maximum absolute atomic E-state index is 4.13. The third kappa shape index (κ3) is 2.58. The van der Waals surface area contributed by atoms with Gasteiger partial charge in [0.25, 0.3) is 0 Å². The average Bonchev–Trinajstić information content (AvgIpc) is 2.46. The molecule has 0 N–H and O–H groups in total. The number of hydrogen-bond donors (Lipinski definition) is 0. The number of allylic oxidation sites excluding steroid dienone is 3. The summed E-state index contributed by atoms with van der Waals surface area (Å²) >= 11 is 1.26. The molecule has 1 rings (SSSR count). The van der Waals surface area contributed by atoms with E-state index in [1.54, 1.807) is 0 Å². The second kappa shape index (κ2) is 4.83. The fraction of sp³-hybridized carbons (Fsp3) is 0.333. The topological polar surface area (TPSA) is 25.8 Å². The highest BCUT2D eigenvalue weighted by Crippen LogP contribution is 2.06. The summed E-state index contributed by atoms with van der Waals surface area (Å²) in [4.78, 5) is 0. The van der Waals surface area contributed by atoms with Gasteiger partial charge in [-0.3, -0.25) is 0 Å². The lowest BCUT2D eigenvalue weighted by Crippen LogP contribution is -1.75. The van der Waals surface area contributed by atoms with E-state index in [2.05, 4.69) is 20.9 Å². The van der Waals surface area contributed by atoms with Crippen LogP contribution >= 0.6 is 11.7 Å². The molecule has 0 bridgehead atoms. The molecule has 0 aliphatic heterocycles. The number of rotatable bonds is 3. The lowest BCUT2D eigenvalue weighted by atomic mass is 10.3. The molecule has 0 saturated carbocycles. The van der Waals surface area contributed by atoms with Crippen LogP contribution in [0.1, 0.15) is 24.7 Å². The fourth-order valence-corrected chi connectivity index (χ4v) is 1.32. The summed E-state index contributed by atoms with van der Waals surface area (Å²) in [5.74, 6) is 0. The van der Waals surface area contributed by atoms with E-state index in [0.717, 1.165) is 17.8 Å². The summed E-state index contributed by atoms with van der Waals surface area (Å²) in [5.41, 5.74) is 2.00. The largest absolute Gasteiger partial charge is 0.178 e.